The number of nitrogens with zero attached hydrogens (tertiary/aromatic N) is 4. The lowest BCUT2D eigenvalue weighted by Gasteiger charge is -2.35. The van der Waals surface area contributed by atoms with Crippen LogP contribution in [0.1, 0.15) is 80.1 Å². The highest BCUT2D eigenvalue weighted by Crippen LogP contribution is 2.45. The first-order chi connectivity index (χ1) is 23.2. The highest BCUT2D eigenvalue weighted by atomic mass is 32.2. The average Bonchev–Trinajstić information content (AvgIpc) is 3.47. The molecule has 0 unspecified atom stereocenters. The van der Waals surface area contributed by atoms with Crippen LogP contribution >= 0.6 is 0 Å². The van der Waals surface area contributed by atoms with E-state index in [0.29, 0.717) is 44.4 Å². The van der Waals surface area contributed by atoms with Crippen molar-refractivity contribution in [3.63, 3.8) is 0 Å². The zero-order valence-electron chi connectivity index (χ0n) is 29.7. The third kappa shape index (κ3) is 9.12. The first kappa shape index (κ1) is 37.3. The number of aliphatic imine (C=N–C) groups is 1. The van der Waals surface area contributed by atoms with Crippen molar-refractivity contribution >= 4 is 21.7 Å². The monoisotopic (exact) mass is 680 g/mol. The summed E-state index contributed by atoms with van der Waals surface area (Å²) in [4.78, 5) is 25.8. The van der Waals surface area contributed by atoms with Gasteiger partial charge in [0.25, 0.3) is 0 Å². The van der Waals surface area contributed by atoms with Gasteiger partial charge in [0.05, 0.1) is 24.0 Å². The normalized spacial score (nSPS) is 16.2. The van der Waals surface area contributed by atoms with E-state index >= 15 is 0 Å². The van der Waals surface area contributed by atoms with E-state index in [1.807, 2.05) is 86.5 Å². The van der Waals surface area contributed by atoms with Gasteiger partial charge in [-0.25, -0.2) is 13.2 Å². The second kappa shape index (κ2) is 15.8. The fraction of sp³-hybridized carbons (Fsp3) is 0.400. The first-order valence-corrected chi connectivity index (χ1v) is 18.7. The Morgan fingerprint density at radius 3 is 2.02 bits per heavy atom. The Morgan fingerprint density at radius 2 is 1.51 bits per heavy atom. The van der Waals surface area contributed by atoms with Crippen LogP contribution in [0.2, 0.25) is 0 Å². The number of terminal acetylenes is 2. The van der Waals surface area contributed by atoms with E-state index in [4.69, 9.17) is 22.6 Å². The molecule has 0 fully saturated rings. The molecule has 258 valence electrons. The van der Waals surface area contributed by atoms with Crippen LogP contribution in [0.15, 0.2) is 71.7 Å². The molecule has 9 heteroatoms. The predicted octanol–water partition coefficient (Wildman–Crippen LogP) is 6.31. The van der Waals surface area contributed by atoms with Gasteiger partial charge in [-0.05, 0) is 79.4 Å². The molecule has 1 heterocycles. The third-order valence-corrected chi connectivity index (χ3v) is 9.67. The van der Waals surface area contributed by atoms with Crippen LogP contribution in [0.3, 0.4) is 0 Å². The molecular formula is C40H48N4O4S. The molecule has 0 saturated carbocycles. The Labute approximate surface area is 293 Å². The molecule has 2 amide bonds. The van der Waals surface area contributed by atoms with E-state index in [2.05, 4.69) is 38.7 Å². The molecule has 0 N–H and O–H groups in total. The molecule has 4 rings (SSSR count). The van der Waals surface area contributed by atoms with E-state index < -0.39 is 21.9 Å². The Morgan fingerprint density at radius 1 is 0.918 bits per heavy atom. The summed E-state index contributed by atoms with van der Waals surface area (Å²) >= 11 is 0. The zero-order valence-corrected chi connectivity index (χ0v) is 30.5. The second-order valence-corrected chi connectivity index (χ2v) is 15.7. The maximum Gasteiger partial charge on any atom is 0.326 e. The highest BCUT2D eigenvalue weighted by Gasteiger charge is 2.44. The topological polar surface area (TPSA) is 82.5 Å². The van der Waals surface area contributed by atoms with E-state index in [0.717, 1.165) is 33.4 Å². The lowest BCUT2D eigenvalue weighted by atomic mass is 9.86. The van der Waals surface area contributed by atoms with Crippen molar-refractivity contribution in [3.8, 4) is 30.4 Å². The van der Waals surface area contributed by atoms with Gasteiger partial charge in [0.2, 0.25) is 0 Å². The van der Waals surface area contributed by atoms with Crippen LogP contribution < -0.4 is 4.74 Å². The first-order valence-electron chi connectivity index (χ1n) is 16.6. The van der Waals surface area contributed by atoms with Crippen LogP contribution in [0.4, 0.5) is 4.79 Å². The summed E-state index contributed by atoms with van der Waals surface area (Å²) in [5, 5.41) is 0. The lowest BCUT2D eigenvalue weighted by Crippen LogP contribution is -2.48. The Balaban J connectivity index is 1.88. The number of sulfone groups is 1. The lowest BCUT2D eigenvalue weighted by molar-refractivity contribution is 0.160. The average molecular weight is 681 g/mol. The van der Waals surface area contributed by atoms with Crippen LogP contribution in [0, 0.1) is 24.7 Å². The summed E-state index contributed by atoms with van der Waals surface area (Å²) in [6.07, 6.45) is 12.6. The molecule has 8 nitrogen and oxygen atoms in total. The van der Waals surface area contributed by atoms with Gasteiger partial charge < -0.3 is 14.5 Å². The summed E-state index contributed by atoms with van der Waals surface area (Å²) in [7, 11) is -1.25. The number of benzene rings is 3. The summed E-state index contributed by atoms with van der Waals surface area (Å²) < 4.78 is 29.8. The minimum absolute atomic E-state index is 0.0488. The van der Waals surface area contributed by atoms with Gasteiger partial charge in [0.15, 0.2) is 0 Å². The molecule has 1 aliphatic rings. The molecule has 1 aliphatic heterocycles. The molecule has 0 aliphatic carbocycles. The number of hydrogen-bond donors (Lipinski definition) is 0. The Bertz CT molecular complexity index is 1850. The SMILES string of the molecule is C#Cc1ccc([C@@H]2[C@H](c3ccc(C#C)cc3)N=C(c3ccc(C(C)(C)C)cc3OCC)N2C(=O)N(CC)CCN(C)CCS(C)(=O)=O)cc1. The number of urea groups is 1. The van der Waals surface area contributed by atoms with Crippen molar-refractivity contribution in [1.29, 1.82) is 0 Å². The van der Waals surface area contributed by atoms with E-state index in [1.165, 1.54) is 6.26 Å². The number of likely N-dealkylation sites (N-methyl/N-ethyl adjacent to an activating group) is 2. The molecule has 3 aromatic rings. The van der Waals surface area contributed by atoms with E-state index in [-0.39, 0.29) is 17.2 Å². The second-order valence-electron chi connectivity index (χ2n) is 13.4. The minimum Gasteiger partial charge on any atom is -0.493 e. The molecule has 0 spiro atoms. The van der Waals surface area contributed by atoms with Gasteiger partial charge in [0.1, 0.15) is 27.5 Å². The number of carbonyl (C=O) groups is 1. The fourth-order valence-electron chi connectivity index (χ4n) is 5.80. The van der Waals surface area contributed by atoms with Crippen molar-refractivity contribution in [2.24, 2.45) is 4.99 Å². The summed E-state index contributed by atoms with van der Waals surface area (Å²) in [5.41, 5.74) is 4.97. The minimum atomic E-state index is -3.11. The van der Waals surface area contributed by atoms with Crippen molar-refractivity contribution in [1.82, 2.24) is 14.7 Å². The highest BCUT2D eigenvalue weighted by molar-refractivity contribution is 7.90. The molecule has 49 heavy (non-hydrogen) atoms. The van der Waals surface area contributed by atoms with Crippen molar-refractivity contribution in [2.75, 3.05) is 51.8 Å². The van der Waals surface area contributed by atoms with Crippen molar-refractivity contribution < 1.29 is 17.9 Å². The van der Waals surface area contributed by atoms with Crippen molar-refractivity contribution in [2.45, 2.75) is 52.1 Å². The zero-order chi connectivity index (χ0) is 35.9. The largest absolute Gasteiger partial charge is 0.493 e. The third-order valence-electron chi connectivity index (χ3n) is 8.75. The molecule has 3 aromatic carbocycles. The molecule has 0 aromatic heterocycles. The van der Waals surface area contributed by atoms with Crippen LogP contribution in [-0.4, -0.2) is 86.8 Å². The standard InChI is InChI=1S/C40H48N4O4S/c1-10-29-14-18-31(19-15-29)36-37(32-20-16-30(11-2)17-21-32)44(39(45)43(12-3)25-24-42(8)26-27-49(9,46)47)38(41-36)34-23-22-33(40(5,6)7)28-35(34)48-13-4/h1-2,14-23,28,36-37H,12-13,24-27H2,3-9H3/t36-,37+/m0/s1. The number of amidine groups is 1. The van der Waals surface area contributed by atoms with E-state index in [1.54, 1.807) is 9.80 Å². The number of rotatable bonds is 12. The summed E-state index contributed by atoms with van der Waals surface area (Å²) in [5.74, 6) is 6.58. The molecule has 0 radical (unpaired) electrons. The molecule has 2 atom stereocenters. The van der Waals surface area contributed by atoms with Gasteiger partial charge in [0, 0.05) is 43.6 Å². The van der Waals surface area contributed by atoms with Gasteiger partial charge in [-0.1, -0.05) is 62.9 Å². The van der Waals surface area contributed by atoms with E-state index in [9.17, 15) is 13.2 Å². The molecular weight excluding hydrogens is 633 g/mol. The van der Waals surface area contributed by atoms with Gasteiger partial charge >= 0.3 is 6.03 Å². The van der Waals surface area contributed by atoms with Gasteiger partial charge in [-0.2, -0.15) is 0 Å². The summed E-state index contributed by atoms with van der Waals surface area (Å²) in [6.45, 7) is 12.5. The van der Waals surface area contributed by atoms with Crippen LogP contribution in [0.5, 0.6) is 5.75 Å². The van der Waals surface area contributed by atoms with Crippen LogP contribution in [0.25, 0.3) is 0 Å². The van der Waals surface area contributed by atoms with Gasteiger partial charge in [-0.15, -0.1) is 12.8 Å². The maximum absolute atomic E-state index is 14.9. The number of carbonyl (C=O) groups excluding carboxylic acids is 1. The van der Waals surface area contributed by atoms with Crippen molar-refractivity contribution in [3.05, 3.63) is 100 Å². The van der Waals surface area contributed by atoms with Gasteiger partial charge in [-0.3, -0.25) is 9.89 Å². The number of hydrogen-bond acceptors (Lipinski definition) is 6. The van der Waals surface area contributed by atoms with Crippen LogP contribution in [-0.2, 0) is 15.3 Å². The predicted molar refractivity (Wildman–Crippen MR) is 199 cm³/mol. The summed E-state index contributed by atoms with van der Waals surface area (Å²) in [6, 6.07) is 20.3. The Hall–Kier alpha value is -4.57. The maximum atomic E-state index is 14.9. The Kier molecular flexibility index (Phi) is 12.0. The number of amides is 2. The molecule has 0 saturated heterocycles. The fourth-order valence-corrected chi connectivity index (χ4v) is 6.45. The number of ether oxygens (including phenoxy) is 1. The molecule has 0 bridgehead atoms. The quantitative estimate of drug-likeness (QED) is 0.210. The smallest absolute Gasteiger partial charge is 0.326 e.